The smallest absolute Gasteiger partial charge is 0.222 e. The molecule has 0 aromatic carbocycles. The van der Waals surface area contributed by atoms with Crippen molar-refractivity contribution in [3.63, 3.8) is 0 Å². The quantitative estimate of drug-likeness (QED) is 0.427. The first-order valence-corrected chi connectivity index (χ1v) is 4.32. The number of hydrogen-bond acceptors (Lipinski definition) is 3. The predicted octanol–water partition coefficient (Wildman–Crippen LogP) is 1.98. The molecule has 0 amide bonds. The van der Waals surface area contributed by atoms with Crippen LogP contribution in [0.15, 0.2) is 35.1 Å². The van der Waals surface area contributed by atoms with Crippen LogP contribution in [0.5, 0.6) is 0 Å². The summed E-state index contributed by atoms with van der Waals surface area (Å²) >= 11 is 0. The third kappa shape index (κ3) is 3.15. The van der Waals surface area contributed by atoms with Gasteiger partial charge in [-0.05, 0) is 18.6 Å². The Labute approximate surface area is 77.4 Å². The average Bonchev–Trinajstić information content (AvgIpc) is 2.65. The number of furan rings is 1. The first-order chi connectivity index (χ1) is 6.34. The lowest BCUT2D eigenvalue weighted by molar-refractivity contribution is 0.102. The standard InChI is InChI=1S/C10H13NO2/c1-2-6-11-7-5-9(12)10-4-3-8-13-10/h3-5,7-8,11H,2,6H2,1H3/b7-5-. The Kier molecular flexibility index (Phi) is 3.82. The van der Waals surface area contributed by atoms with Crippen molar-refractivity contribution in [2.45, 2.75) is 13.3 Å². The van der Waals surface area contributed by atoms with E-state index in [-0.39, 0.29) is 5.78 Å². The highest BCUT2D eigenvalue weighted by Gasteiger charge is 2.02. The van der Waals surface area contributed by atoms with Crippen LogP contribution in [0.2, 0.25) is 0 Å². The van der Waals surface area contributed by atoms with Gasteiger partial charge in [-0.25, -0.2) is 0 Å². The Balaban J connectivity index is 2.38. The fraction of sp³-hybridized carbons (Fsp3) is 0.300. The van der Waals surface area contributed by atoms with Gasteiger partial charge in [0.1, 0.15) is 0 Å². The molecule has 3 heteroatoms. The zero-order valence-corrected chi connectivity index (χ0v) is 7.62. The molecule has 1 heterocycles. The van der Waals surface area contributed by atoms with Gasteiger partial charge in [0.05, 0.1) is 6.26 Å². The van der Waals surface area contributed by atoms with Crippen LogP contribution in [0.25, 0.3) is 0 Å². The predicted molar refractivity (Wildman–Crippen MR) is 50.5 cm³/mol. The van der Waals surface area contributed by atoms with Crippen molar-refractivity contribution in [2.24, 2.45) is 0 Å². The maximum absolute atomic E-state index is 11.2. The summed E-state index contributed by atoms with van der Waals surface area (Å²) in [6.07, 6.45) is 5.64. The van der Waals surface area contributed by atoms with Crippen molar-refractivity contribution in [3.05, 3.63) is 36.4 Å². The Morgan fingerprint density at radius 1 is 1.69 bits per heavy atom. The molecule has 1 aromatic heterocycles. The van der Waals surface area contributed by atoms with E-state index >= 15 is 0 Å². The van der Waals surface area contributed by atoms with Gasteiger partial charge in [0.25, 0.3) is 0 Å². The Bertz CT molecular complexity index is 275. The molecule has 0 bridgehead atoms. The van der Waals surface area contributed by atoms with Crippen LogP contribution in [0.1, 0.15) is 23.9 Å². The van der Waals surface area contributed by atoms with Gasteiger partial charge in [-0.1, -0.05) is 6.92 Å². The molecular formula is C10H13NO2. The summed E-state index contributed by atoms with van der Waals surface area (Å²) in [5.74, 6) is 0.253. The molecule has 0 saturated carbocycles. The maximum Gasteiger partial charge on any atom is 0.222 e. The highest BCUT2D eigenvalue weighted by molar-refractivity contribution is 6.02. The number of carbonyl (C=O) groups excluding carboxylic acids is 1. The fourth-order valence-corrected chi connectivity index (χ4v) is 0.863. The molecule has 0 fully saturated rings. The Morgan fingerprint density at radius 3 is 3.15 bits per heavy atom. The van der Waals surface area contributed by atoms with Crippen molar-refractivity contribution >= 4 is 5.78 Å². The lowest BCUT2D eigenvalue weighted by Crippen LogP contribution is -2.06. The molecule has 0 radical (unpaired) electrons. The van der Waals surface area contributed by atoms with Crippen LogP contribution in [-0.2, 0) is 0 Å². The van der Waals surface area contributed by atoms with E-state index in [1.54, 1.807) is 18.3 Å². The van der Waals surface area contributed by atoms with Crippen molar-refractivity contribution in [2.75, 3.05) is 6.54 Å². The lowest BCUT2D eigenvalue weighted by Gasteiger charge is -1.93. The number of rotatable bonds is 5. The highest BCUT2D eigenvalue weighted by atomic mass is 16.3. The van der Waals surface area contributed by atoms with Gasteiger partial charge in [-0.3, -0.25) is 4.79 Å². The normalized spacial score (nSPS) is 10.5. The first-order valence-electron chi connectivity index (χ1n) is 4.32. The molecular weight excluding hydrogens is 166 g/mol. The van der Waals surface area contributed by atoms with Crippen LogP contribution in [0.3, 0.4) is 0 Å². The van der Waals surface area contributed by atoms with Gasteiger partial charge < -0.3 is 9.73 Å². The molecule has 13 heavy (non-hydrogen) atoms. The molecule has 3 nitrogen and oxygen atoms in total. The second-order valence-electron chi connectivity index (χ2n) is 2.63. The van der Waals surface area contributed by atoms with E-state index in [9.17, 15) is 4.79 Å². The molecule has 0 aliphatic heterocycles. The largest absolute Gasteiger partial charge is 0.461 e. The molecule has 0 atom stereocenters. The molecule has 1 N–H and O–H groups in total. The molecule has 1 aromatic rings. The van der Waals surface area contributed by atoms with E-state index in [1.165, 1.54) is 12.3 Å². The third-order valence-electron chi connectivity index (χ3n) is 1.51. The highest BCUT2D eigenvalue weighted by Crippen LogP contribution is 2.01. The number of hydrogen-bond donors (Lipinski definition) is 1. The van der Waals surface area contributed by atoms with E-state index in [0.717, 1.165) is 13.0 Å². The first kappa shape index (κ1) is 9.58. The van der Waals surface area contributed by atoms with Crippen molar-refractivity contribution < 1.29 is 9.21 Å². The van der Waals surface area contributed by atoms with Crippen LogP contribution in [-0.4, -0.2) is 12.3 Å². The maximum atomic E-state index is 11.2. The minimum atomic E-state index is -0.117. The van der Waals surface area contributed by atoms with Gasteiger partial charge in [0, 0.05) is 18.8 Å². The minimum Gasteiger partial charge on any atom is -0.461 e. The summed E-state index contributed by atoms with van der Waals surface area (Å²) in [5.41, 5.74) is 0. The van der Waals surface area contributed by atoms with E-state index in [2.05, 4.69) is 12.2 Å². The van der Waals surface area contributed by atoms with Gasteiger partial charge >= 0.3 is 0 Å². The number of carbonyl (C=O) groups is 1. The second-order valence-corrected chi connectivity index (χ2v) is 2.63. The van der Waals surface area contributed by atoms with Crippen molar-refractivity contribution in [1.82, 2.24) is 5.32 Å². The van der Waals surface area contributed by atoms with E-state index in [0.29, 0.717) is 5.76 Å². The van der Waals surface area contributed by atoms with Crippen LogP contribution in [0.4, 0.5) is 0 Å². The van der Waals surface area contributed by atoms with E-state index < -0.39 is 0 Å². The van der Waals surface area contributed by atoms with Gasteiger partial charge in [0.15, 0.2) is 5.76 Å². The summed E-state index contributed by atoms with van der Waals surface area (Å²) < 4.78 is 4.92. The average molecular weight is 179 g/mol. The van der Waals surface area contributed by atoms with Crippen LogP contribution < -0.4 is 5.32 Å². The van der Waals surface area contributed by atoms with Crippen molar-refractivity contribution in [1.29, 1.82) is 0 Å². The lowest BCUT2D eigenvalue weighted by atomic mass is 10.3. The number of allylic oxidation sites excluding steroid dienone is 1. The zero-order chi connectivity index (χ0) is 9.52. The number of nitrogens with one attached hydrogen (secondary N) is 1. The minimum absolute atomic E-state index is 0.117. The molecule has 0 unspecified atom stereocenters. The topological polar surface area (TPSA) is 42.2 Å². The van der Waals surface area contributed by atoms with Crippen LogP contribution >= 0.6 is 0 Å². The molecule has 0 aliphatic rings. The molecule has 70 valence electrons. The van der Waals surface area contributed by atoms with Gasteiger partial charge in [0.2, 0.25) is 5.78 Å². The SMILES string of the molecule is CCCN/C=C\C(=O)c1ccco1. The molecule has 0 aliphatic carbocycles. The molecule has 0 spiro atoms. The Hall–Kier alpha value is -1.51. The zero-order valence-electron chi connectivity index (χ0n) is 7.62. The van der Waals surface area contributed by atoms with Gasteiger partial charge in [-0.2, -0.15) is 0 Å². The summed E-state index contributed by atoms with van der Waals surface area (Å²) in [7, 11) is 0. The monoisotopic (exact) mass is 179 g/mol. The molecule has 1 rings (SSSR count). The Morgan fingerprint density at radius 2 is 2.54 bits per heavy atom. The fourth-order valence-electron chi connectivity index (χ4n) is 0.863. The summed E-state index contributed by atoms with van der Waals surface area (Å²) in [5, 5.41) is 2.98. The summed E-state index contributed by atoms with van der Waals surface area (Å²) in [6, 6.07) is 3.34. The molecule has 0 saturated heterocycles. The van der Waals surface area contributed by atoms with E-state index in [1.807, 2.05) is 0 Å². The second kappa shape index (κ2) is 5.19. The van der Waals surface area contributed by atoms with E-state index in [4.69, 9.17) is 4.42 Å². The van der Waals surface area contributed by atoms with Crippen molar-refractivity contribution in [3.8, 4) is 0 Å². The summed E-state index contributed by atoms with van der Waals surface area (Å²) in [4.78, 5) is 11.2. The van der Waals surface area contributed by atoms with Crippen LogP contribution in [0, 0.1) is 0 Å². The summed E-state index contributed by atoms with van der Waals surface area (Å²) in [6.45, 7) is 2.94. The third-order valence-corrected chi connectivity index (χ3v) is 1.51. The number of ketones is 1. The van der Waals surface area contributed by atoms with Gasteiger partial charge in [-0.15, -0.1) is 0 Å².